The van der Waals surface area contributed by atoms with Crippen molar-refractivity contribution in [2.75, 3.05) is 20.2 Å². The number of hydrogen-bond acceptors (Lipinski definition) is 4. The van der Waals surface area contributed by atoms with Crippen LogP contribution in [0.2, 0.25) is 0 Å². The molecule has 246 valence electrons. The molecule has 4 fully saturated rings. The standard InChI is InChI=1S/C41H49N3O3/c1-27-9-7-12-34(23-27)41(19-21-43(22-20-41)39(45)32-10-8-11-33(24-32)40(46)47-4)18-17-36-28(2)30-15-16-31(36)26-35(25-30)44-29(3)42-37-13-5-6-14-38(37)44/h5-14,23-24,28,30-31,35-36H,15-22,25-26H2,1-4H3/t28?,30-,31+,35+,36?/m1/s1. The predicted octanol–water partition coefficient (Wildman–Crippen LogP) is 8.71. The number of aryl methyl sites for hydroxylation is 2. The second kappa shape index (κ2) is 12.9. The molecule has 2 unspecified atom stereocenters. The van der Waals surface area contributed by atoms with Crippen LogP contribution in [0, 0.1) is 37.5 Å². The fraction of sp³-hybridized carbons (Fsp3) is 0.488. The van der Waals surface area contributed by atoms with Crippen molar-refractivity contribution in [3.05, 3.63) is 101 Å². The van der Waals surface area contributed by atoms with Gasteiger partial charge in [0.25, 0.3) is 5.91 Å². The molecule has 0 radical (unpaired) electrons. The summed E-state index contributed by atoms with van der Waals surface area (Å²) in [4.78, 5) is 32.7. The molecule has 1 aliphatic heterocycles. The van der Waals surface area contributed by atoms with Gasteiger partial charge in [-0.1, -0.05) is 55.0 Å². The van der Waals surface area contributed by atoms with Gasteiger partial charge in [0.05, 0.1) is 23.7 Å². The summed E-state index contributed by atoms with van der Waals surface area (Å²) in [6.45, 7) is 8.36. The summed E-state index contributed by atoms with van der Waals surface area (Å²) in [6.07, 6.45) is 9.50. The number of para-hydroxylation sites is 2. The quantitative estimate of drug-likeness (QED) is 0.191. The lowest BCUT2D eigenvalue weighted by Gasteiger charge is -2.45. The average molecular weight is 632 g/mol. The van der Waals surface area contributed by atoms with Gasteiger partial charge in [0.2, 0.25) is 0 Å². The number of likely N-dealkylation sites (tertiary alicyclic amines) is 1. The number of aromatic nitrogens is 2. The summed E-state index contributed by atoms with van der Waals surface area (Å²) in [7, 11) is 1.37. The van der Waals surface area contributed by atoms with Crippen LogP contribution in [0.5, 0.6) is 0 Å². The number of rotatable bonds is 7. The molecule has 4 aliphatic rings. The number of carbonyl (C=O) groups excluding carboxylic acids is 2. The number of methoxy groups -OCH3 is 1. The molecule has 8 rings (SSSR count). The number of hydrogen-bond donors (Lipinski definition) is 0. The first-order valence-corrected chi connectivity index (χ1v) is 17.7. The molecular weight excluding hydrogens is 582 g/mol. The van der Waals surface area contributed by atoms with Crippen molar-refractivity contribution in [2.45, 2.75) is 83.6 Å². The third-order valence-electron chi connectivity index (χ3n) is 12.3. The first-order valence-electron chi connectivity index (χ1n) is 17.7. The second-order valence-corrected chi connectivity index (χ2v) is 14.8. The topological polar surface area (TPSA) is 64.4 Å². The smallest absolute Gasteiger partial charge is 0.337 e. The van der Waals surface area contributed by atoms with E-state index in [0.717, 1.165) is 61.4 Å². The van der Waals surface area contributed by atoms with E-state index >= 15 is 0 Å². The zero-order chi connectivity index (χ0) is 32.7. The Bertz CT molecular complexity index is 1770. The van der Waals surface area contributed by atoms with Gasteiger partial charge in [0, 0.05) is 24.7 Å². The minimum Gasteiger partial charge on any atom is -0.465 e. The number of fused-ring (bicyclic) bond motifs is 5. The minimum atomic E-state index is -0.418. The Morgan fingerprint density at radius 2 is 1.62 bits per heavy atom. The molecule has 4 aromatic rings. The van der Waals surface area contributed by atoms with Gasteiger partial charge in [-0.05, 0) is 130 Å². The molecule has 0 spiro atoms. The van der Waals surface area contributed by atoms with E-state index in [1.54, 1.807) is 24.3 Å². The number of nitrogens with zero attached hydrogens (tertiary/aromatic N) is 3. The summed E-state index contributed by atoms with van der Waals surface area (Å²) in [5, 5.41) is 0. The van der Waals surface area contributed by atoms with Crippen molar-refractivity contribution >= 4 is 22.9 Å². The monoisotopic (exact) mass is 631 g/mol. The van der Waals surface area contributed by atoms with E-state index in [4.69, 9.17) is 9.72 Å². The SMILES string of the molecule is COC(=O)c1cccc(C(=O)N2CCC(CCC3C(C)[C@@H]4CC[C@H]3C[C@@H](n3c(C)nc5ccccc53)C4)(c3cccc(C)c3)CC2)c1. The zero-order valence-corrected chi connectivity index (χ0v) is 28.5. The van der Waals surface area contributed by atoms with Crippen molar-refractivity contribution in [1.82, 2.24) is 14.5 Å². The number of piperidine rings is 1. The lowest BCUT2D eigenvalue weighted by atomic mass is 9.63. The number of benzene rings is 3. The third kappa shape index (κ3) is 6.00. The van der Waals surface area contributed by atoms with E-state index in [0.29, 0.717) is 23.1 Å². The third-order valence-corrected chi connectivity index (χ3v) is 12.3. The number of imidazole rings is 1. The summed E-state index contributed by atoms with van der Waals surface area (Å²) in [6, 6.07) is 25.2. The normalized spacial score (nSPS) is 25.4. The van der Waals surface area contributed by atoms with Crippen molar-refractivity contribution < 1.29 is 14.3 Å². The van der Waals surface area contributed by atoms with E-state index in [1.165, 1.54) is 55.9 Å². The molecule has 0 N–H and O–H groups in total. The van der Waals surface area contributed by atoms with E-state index in [2.05, 4.69) is 73.9 Å². The lowest BCUT2D eigenvalue weighted by Crippen LogP contribution is -2.46. The van der Waals surface area contributed by atoms with Crippen LogP contribution < -0.4 is 0 Å². The average Bonchev–Trinajstić information content (AvgIpc) is 3.21. The molecule has 47 heavy (non-hydrogen) atoms. The van der Waals surface area contributed by atoms with Crippen LogP contribution in [0.4, 0.5) is 0 Å². The Kier molecular flexibility index (Phi) is 8.71. The van der Waals surface area contributed by atoms with Crippen LogP contribution in [-0.2, 0) is 10.2 Å². The molecule has 5 atom stereocenters. The van der Waals surface area contributed by atoms with Gasteiger partial charge >= 0.3 is 5.97 Å². The van der Waals surface area contributed by atoms with Gasteiger partial charge in [-0.2, -0.15) is 0 Å². The maximum atomic E-state index is 13.6. The second-order valence-electron chi connectivity index (χ2n) is 14.8. The maximum absolute atomic E-state index is 13.6. The van der Waals surface area contributed by atoms with Crippen LogP contribution >= 0.6 is 0 Å². The molecule has 1 amide bonds. The van der Waals surface area contributed by atoms with E-state index in [-0.39, 0.29) is 11.3 Å². The Balaban J connectivity index is 1.10. The highest BCUT2D eigenvalue weighted by atomic mass is 16.5. The van der Waals surface area contributed by atoms with E-state index < -0.39 is 5.97 Å². The molecule has 3 aromatic carbocycles. The predicted molar refractivity (Wildman–Crippen MR) is 187 cm³/mol. The molecule has 2 heterocycles. The molecule has 3 saturated carbocycles. The van der Waals surface area contributed by atoms with Crippen LogP contribution in [0.15, 0.2) is 72.8 Å². The van der Waals surface area contributed by atoms with Gasteiger partial charge in [-0.15, -0.1) is 0 Å². The number of carbonyl (C=O) groups is 2. The van der Waals surface area contributed by atoms with E-state index in [1.807, 2.05) is 4.90 Å². The summed E-state index contributed by atoms with van der Waals surface area (Å²) >= 11 is 0. The minimum absolute atomic E-state index is 0.00310. The maximum Gasteiger partial charge on any atom is 0.337 e. The molecule has 1 saturated heterocycles. The van der Waals surface area contributed by atoms with Crippen molar-refractivity contribution in [1.29, 1.82) is 0 Å². The summed E-state index contributed by atoms with van der Waals surface area (Å²) in [5.74, 6) is 3.64. The van der Waals surface area contributed by atoms with Crippen molar-refractivity contribution in [3.63, 3.8) is 0 Å². The summed E-state index contributed by atoms with van der Waals surface area (Å²) in [5.41, 5.74) is 6.15. The van der Waals surface area contributed by atoms with Gasteiger partial charge < -0.3 is 14.2 Å². The molecular formula is C41H49N3O3. The molecule has 3 aliphatic carbocycles. The van der Waals surface area contributed by atoms with Crippen LogP contribution in [-0.4, -0.2) is 46.5 Å². The first kappa shape index (κ1) is 31.7. The highest BCUT2D eigenvalue weighted by molar-refractivity contribution is 5.98. The van der Waals surface area contributed by atoms with Gasteiger partial charge in [0.1, 0.15) is 5.82 Å². The van der Waals surface area contributed by atoms with E-state index in [9.17, 15) is 9.59 Å². The first-order chi connectivity index (χ1) is 22.8. The van der Waals surface area contributed by atoms with Crippen LogP contribution in [0.3, 0.4) is 0 Å². The van der Waals surface area contributed by atoms with Crippen LogP contribution in [0.1, 0.15) is 102 Å². The lowest BCUT2D eigenvalue weighted by molar-refractivity contribution is 0.0600. The Morgan fingerprint density at radius 3 is 2.40 bits per heavy atom. The largest absolute Gasteiger partial charge is 0.465 e. The molecule has 6 heteroatoms. The highest BCUT2D eigenvalue weighted by Crippen LogP contribution is 2.53. The zero-order valence-electron chi connectivity index (χ0n) is 28.5. The van der Waals surface area contributed by atoms with Crippen LogP contribution in [0.25, 0.3) is 11.0 Å². The molecule has 2 bridgehead atoms. The van der Waals surface area contributed by atoms with Gasteiger partial charge in [-0.25, -0.2) is 9.78 Å². The Labute approximate surface area is 279 Å². The molecule has 1 aromatic heterocycles. The van der Waals surface area contributed by atoms with Crippen molar-refractivity contribution in [3.8, 4) is 0 Å². The number of amides is 1. The Hall–Kier alpha value is -3.93. The number of ether oxygens (including phenoxy) is 1. The van der Waals surface area contributed by atoms with Crippen molar-refractivity contribution in [2.24, 2.45) is 23.7 Å². The fourth-order valence-corrected chi connectivity index (χ4v) is 9.76. The fourth-order valence-electron chi connectivity index (χ4n) is 9.76. The highest BCUT2D eigenvalue weighted by Gasteiger charge is 2.45. The van der Waals surface area contributed by atoms with Gasteiger partial charge in [-0.3, -0.25) is 4.79 Å². The Morgan fingerprint density at radius 1 is 0.894 bits per heavy atom. The summed E-state index contributed by atoms with van der Waals surface area (Å²) < 4.78 is 7.46. The molecule has 6 nitrogen and oxygen atoms in total. The number of esters is 1. The van der Waals surface area contributed by atoms with Gasteiger partial charge in [0.15, 0.2) is 0 Å².